The second kappa shape index (κ2) is 14.0. The zero-order valence-electron chi connectivity index (χ0n) is 17.9. The highest BCUT2D eigenvalue weighted by molar-refractivity contribution is 5.97. The number of nitrogens with one attached hydrogen (secondary N) is 2. The molecule has 0 saturated heterocycles. The number of rotatable bonds is 15. The van der Waals surface area contributed by atoms with E-state index in [4.69, 9.17) is 15.9 Å². The Morgan fingerprint density at radius 3 is 2.04 bits per heavy atom. The van der Waals surface area contributed by atoms with Gasteiger partial charge < -0.3 is 15.8 Å². The fourth-order valence-corrected chi connectivity index (χ4v) is 3.13. The van der Waals surface area contributed by atoms with E-state index in [0.717, 1.165) is 12.2 Å². The first-order chi connectivity index (χ1) is 13.5. The Bertz CT molecular complexity index is 570. The first-order valence-corrected chi connectivity index (χ1v) is 10.8. The van der Waals surface area contributed by atoms with Crippen LogP contribution in [0.5, 0.6) is 5.75 Å². The predicted molar refractivity (Wildman–Crippen MR) is 117 cm³/mol. The van der Waals surface area contributed by atoms with Crippen LogP contribution in [0.4, 0.5) is 0 Å². The van der Waals surface area contributed by atoms with Crippen molar-refractivity contribution in [2.24, 2.45) is 11.7 Å². The van der Waals surface area contributed by atoms with Crippen molar-refractivity contribution in [3.8, 4) is 5.75 Å². The Labute approximate surface area is 170 Å². The first kappa shape index (κ1) is 24.0. The van der Waals surface area contributed by atoms with E-state index in [-0.39, 0.29) is 17.7 Å². The van der Waals surface area contributed by atoms with E-state index in [1.807, 2.05) is 26.0 Å². The van der Waals surface area contributed by atoms with Crippen molar-refractivity contribution >= 4 is 11.7 Å². The Balaban J connectivity index is 2.24. The standard InChI is InChI=1S/C23H39N3O2/c1-4-5-6-7-8-9-10-11-12-17-28-20-15-13-19(14-16-20)23(27)26-21(18(2)3)22(24)25/h13-16,18,21H,4-12,17H2,1-3H3,(H3,24,25)(H,26,27). The average Bonchev–Trinajstić information content (AvgIpc) is 2.67. The summed E-state index contributed by atoms with van der Waals surface area (Å²) in [5.41, 5.74) is 6.11. The predicted octanol–water partition coefficient (Wildman–Crippen LogP) is 5.29. The van der Waals surface area contributed by atoms with Crippen molar-refractivity contribution in [3.05, 3.63) is 29.8 Å². The summed E-state index contributed by atoms with van der Waals surface area (Å²) in [6, 6.07) is 6.69. The quantitative estimate of drug-likeness (QED) is 0.216. The molecule has 1 atom stereocenters. The van der Waals surface area contributed by atoms with Gasteiger partial charge in [-0.3, -0.25) is 10.2 Å². The Morgan fingerprint density at radius 1 is 1.00 bits per heavy atom. The van der Waals surface area contributed by atoms with Crippen molar-refractivity contribution in [1.82, 2.24) is 5.32 Å². The van der Waals surface area contributed by atoms with E-state index < -0.39 is 6.04 Å². The molecule has 0 spiro atoms. The van der Waals surface area contributed by atoms with E-state index in [2.05, 4.69) is 12.2 Å². The molecule has 1 unspecified atom stereocenters. The van der Waals surface area contributed by atoms with Gasteiger partial charge in [-0.2, -0.15) is 0 Å². The molecular formula is C23H39N3O2. The number of ether oxygens (including phenoxy) is 1. The lowest BCUT2D eigenvalue weighted by molar-refractivity contribution is 0.0939. The molecule has 0 bridgehead atoms. The molecule has 0 radical (unpaired) electrons. The molecule has 0 aliphatic heterocycles. The molecule has 0 aliphatic rings. The van der Waals surface area contributed by atoms with Crippen LogP contribution in [0.25, 0.3) is 0 Å². The van der Waals surface area contributed by atoms with Gasteiger partial charge in [0.15, 0.2) is 0 Å². The maximum absolute atomic E-state index is 12.3. The smallest absolute Gasteiger partial charge is 0.251 e. The Hall–Kier alpha value is -2.04. The normalized spacial score (nSPS) is 12.0. The lowest BCUT2D eigenvalue weighted by Crippen LogP contribution is -2.47. The zero-order chi connectivity index (χ0) is 20.8. The van der Waals surface area contributed by atoms with Crippen LogP contribution in [0.1, 0.15) is 88.9 Å². The molecule has 28 heavy (non-hydrogen) atoms. The van der Waals surface area contributed by atoms with E-state index in [1.54, 1.807) is 12.1 Å². The van der Waals surface area contributed by atoms with Gasteiger partial charge in [0, 0.05) is 5.56 Å². The largest absolute Gasteiger partial charge is 0.494 e. The van der Waals surface area contributed by atoms with Crippen molar-refractivity contribution < 1.29 is 9.53 Å². The number of hydrogen-bond acceptors (Lipinski definition) is 3. The minimum atomic E-state index is -0.449. The molecule has 1 amide bonds. The number of nitrogens with two attached hydrogens (primary N) is 1. The third-order valence-corrected chi connectivity index (χ3v) is 4.92. The molecular weight excluding hydrogens is 350 g/mol. The minimum Gasteiger partial charge on any atom is -0.494 e. The van der Waals surface area contributed by atoms with Crippen molar-refractivity contribution in [2.45, 2.75) is 84.6 Å². The van der Waals surface area contributed by atoms with Gasteiger partial charge in [-0.15, -0.1) is 0 Å². The van der Waals surface area contributed by atoms with Gasteiger partial charge in [0.05, 0.1) is 12.6 Å². The number of benzene rings is 1. The van der Waals surface area contributed by atoms with Crippen LogP contribution in [0, 0.1) is 11.3 Å². The summed E-state index contributed by atoms with van der Waals surface area (Å²) in [5.74, 6) is 0.604. The van der Waals surface area contributed by atoms with Gasteiger partial charge in [-0.1, -0.05) is 72.1 Å². The molecule has 5 heteroatoms. The van der Waals surface area contributed by atoms with Crippen molar-refractivity contribution in [2.75, 3.05) is 6.61 Å². The summed E-state index contributed by atoms with van der Waals surface area (Å²) < 4.78 is 5.77. The van der Waals surface area contributed by atoms with Gasteiger partial charge in [-0.05, 0) is 36.6 Å². The molecule has 0 aromatic heterocycles. The zero-order valence-corrected chi connectivity index (χ0v) is 17.9. The summed E-state index contributed by atoms with van der Waals surface area (Å²) >= 11 is 0. The average molecular weight is 390 g/mol. The van der Waals surface area contributed by atoms with Crippen LogP contribution in [-0.2, 0) is 0 Å². The number of amides is 1. The molecule has 158 valence electrons. The molecule has 0 fully saturated rings. The van der Waals surface area contributed by atoms with Gasteiger partial charge in [0.25, 0.3) is 5.91 Å². The van der Waals surface area contributed by atoms with Gasteiger partial charge in [0.1, 0.15) is 11.6 Å². The highest BCUT2D eigenvalue weighted by Crippen LogP contribution is 2.14. The fraction of sp³-hybridized carbons (Fsp3) is 0.652. The second-order valence-corrected chi connectivity index (χ2v) is 7.85. The maximum Gasteiger partial charge on any atom is 0.251 e. The molecule has 0 saturated carbocycles. The van der Waals surface area contributed by atoms with Crippen LogP contribution >= 0.6 is 0 Å². The number of carbonyl (C=O) groups excluding carboxylic acids is 1. The minimum absolute atomic E-state index is 0.0238. The Morgan fingerprint density at radius 2 is 1.54 bits per heavy atom. The fourth-order valence-electron chi connectivity index (χ4n) is 3.13. The number of carbonyl (C=O) groups is 1. The lowest BCUT2D eigenvalue weighted by atomic mass is 10.0. The van der Waals surface area contributed by atoms with Crippen LogP contribution in [0.2, 0.25) is 0 Å². The SMILES string of the molecule is CCCCCCCCCCCOc1ccc(C(=O)NC(C(=N)N)C(C)C)cc1. The van der Waals surface area contributed by atoms with Crippen LogP contribution < -0.4 is 15.8 Å². The van der Waals surface area contributed by atoms with E-state index in [9.17, 15) is 4.79 Å². The number of hydrogen-bond donors (Lipinski definition) is 3. The topological polar surface area (TPSA) is 88.2 Å². The summed E-state index contributed by atoms with van der Waals surface area (Å²) in [5, 5.41) is 10.4. The molecule has 0 heterocycles. The molecule has 1 rings (SSSR count). The van der Waals surface area contributed by atoms with E-state index in [0.29, 0.717) is 12.2 Å². The summed E-state index contributed by atoms with van der Waals surface area (Å²) in [6.07, 6.45) is 11.6. The van der Waals surface area contributed by atoms with E-state index >= 15 is 0 Å². The molecule has 0 aliphatic carbocycles. The number of amidine groups is 1. The van der Waals surface area contributed by atoms with E-state index in [1.165, 1.54) is 51.4 Å². The van der Waals surface area contributed by atoms with Crippen molar-refractivity contribution in [3.63, 3.8) is 0 Å². The molecule has 1 aromatic rings. The van der Waals surface area contributed by atoms with Gasteiger partial charge >= 0.3 is 0 Å². The third kappa shape index (κ3) is 9.77. The second-order valence-electron chi connectivity index (χ2n) is 7.85. The van der Waals surface area contributed by atoms with Gasteiger partial charge in [0.2, 0.25) is 0 Å². The summed E-state index contributed by atoms with van der Waals surface area (Å²) in [7, 11) is 0. The maximum atomic E-state index is 12.3. The monoisotopic (exact) mass is 389 g/mol. The van der Waals surface area contributed by atoms with Gasteiger partial charge in [-0.25, -0.2) is 0 Å². The first-order valence-electron chi connectivity index (χ1n) is 10.8. The summed E-state index contributed by atoms with van der Waals surface area (Å²) in [4.78, 5) is 12.3. The summed E-state index contributed by atoms with van der Waals surface area (Å²) in [6.45, 7) is 6.81. The molecule has 4 N–H and O–H groups in total. The highest BCUT2D eigenvalue weighted by atomic mass is 16.5. The molecule has 1 aromatic carbocycles. The van der Waals surface area contributed by atoms with Crippen molar-refractivity contribution in [1.29, 1.82) is 5.41 Å². The van der Waals surface area contributed by atoms with Crippen LogP contribution in [0.3, 0.4) is 0 Å². The van der Waals surface area contributed by atoms with Crippen LogP contribution in [-0.4, -0.2) is 24.4 Å². The highest BCUT2D eigenvalue weighted by Gasteiger charge is 2.19. The molecule has 5 nitrogen and oxygen atoms in total. The van der Waals surface area contributed by atoms with Crippen LogP contribution in [0.15, 0.2) is 24.3 Å². The third-order valence-electron chi connectivity index (χ3n) is 4.92. The Kier molecular flexibility index (Phi) is 12.0. The lowest BCUT2D eigenvalue weighted by Gasteiger charge is -2.21. The number of unbranched alkanes of at least 4 members (excludes halogenated alkanes) is 8.